The van der Waals surface area contributed by atoms with Crippen LogP contribution in [0.5, 0.6) is 0 Å². The van der Waals surface area contributed by atoms with Gasteiger partial charge >= 0.3 is 0 Å². The van der Waals surface area contributed by atoms with Crippen LogP contribution in [0.15, 0.2) is 72.8 Å². The molecule has 0 saturated heterocycles. The van der Waals surface area contributed by atoms with Crippen molar-refractivity contribution < 1.29 is 9.59 Å². The van der Waals surface area contributed by atoms with Crippen molar-refractivity contribution in [3.8, 4) is 11.3 Å². The summed E-state index contributed by atoms with van der Waals surface area (Å²) in [5.41, 5.74) is 6.91. The summed E-state index contributed by atoms with van der Waals surface area (Å²) in [7, 11) is 0. The third kappa shape index (κ3) is 5.86. The van der Waals surface area contributed by atoms with Crippen LogP contribution in [-0.2, 0) is 4.79 Å². The smallest absolute Gasteiger partial charge is 0.255 e. The minimum Gasteiger partial charge on any atom is -0.354 e. The molecule has 0 aliphatic carbocycles. The van der Waals surface area contributed by atoms with E-state index in [2.05, 4.69) is 86.2 Å². The first-order valence-electron chi connectivity index (χ1n) is 15.4. The summed E-state index contributed by atoms with van der Waals surface area (Å²) in [5.74, 6) is 0.0685. The van der Waals surface area contributed by atoms with Gasteiger partial charge in [-0.3, -0.25) is 9.59 Å². The van der Waals surface area contributed by atoms with E-state index in [1.54, 1.807) is 0 Å². The van der Waals surface area contributed by atoms with Gasteiger partial charge in [-0.05, 0) is 68.6 Å². The van der Waals surface area contributed by atoms with E-state index in [-0.39, 0.29) is 17.7 Å². The van der Waals surface area contributed by atoms with E-state index >= 15 is 0 Å². The van der Waals surface area contributed by atoms with Gasteiger partial charge < -0.3 is 20.1 Å². The Labute approximate surface area is 250 Å². The molecule has 2 heterocycles. The van der Waals surface area contributed by atoms with Crippen molar-refractivity contribution in [1.82, 2.24) is 20.1 Å². The lowest BCUT2D eigenvalue weighted by Gasteiger charge is -2.34. The maximum Gasteiger partial charge on any atom is 0.255 e. The molecule has 42 heavy (non-hydrogen) atoms. The predicted octanol–water partition coefficient (Wildman–Crippen LogP) is 6.95. The number of carbonyl (C=O) groups is 2. The fraction of sp³-hybridized carbons (Fsp3) is 0.389. The molecule has 0 radical (unpaired) electrons. The van der Waals surface area contributed by atoms with Crippen LogP contribution in [0, 0.1) is 12.8 Å². The highest BCUT2D eigenvalue weighted by atomic mass is 16.2. The van der Waals surface area contributed by atoms with Crippen LogP contribution in [0.3, 0.4) is 0 Å². The van der Waals surface area contributed by atoms with Gasteiger partial charge in [0, 0.05) is 28.6 Å². The van der Waals surface area contributed by atoms with Crippen LogP contribution in [-0.4, -0.2) is 58.8 Å². The number of nitrogens with zero attached hydrogens (tertiary/aromatic N) is 2. The Bertz CT molecular complexity index is 1530. The molecule has 4 aromatic rings. The highest BCUT2D eigenvalue weighted by Crippen LogP contribution is 2.47. The SMILES string of the molecule is CCN(CC)CCCNC(=O)C(CC(C)C)N1C(=O)c2ccccc2C1c1c(-c2ccc(C)cc2)[nH]c2ccccc12. The minimum atomic E-state index is -0.595. The van der Waals surface area contributed by atoms with Gasteiger partial charge in [-0.2, -0.15) is 0 Å². The van der Waals surface area contributed by atoms with Crippen molar-refractivity contribution in [1.29, 1.82) is 0 Å². The van der Waals surface area contributed by atoms with Crippen molar-refractivity contribution in [3.05, 3.63) is 95.1 Å². The normalized spacial score (nSPS) is 15.5. The van der Waals surface area contributed by atoms with Crippen LogP contribution >= 0.6 is 0 Å². The average molecular weight is 565 g/mol. The van der Waals surface area contributed by atoms with Gasteiger partial charge in [0.1, 0.15) is 6.04 Å². The first-order chi connectivity index (χ1) is 20.3. The van der Waals surface area contributed by atoms with Gasteiger partial charge in [0.25, 0.3) is 5.91 Å². The van der Waals surface area contributed by atoms with E-state index in [1.165, 1.54) is 5.56 Å². The second kappa shape index (κ2) is 13.0. The highest BCUT2D eigenvalue weighted by molar-refractivity contribution is 6.04. The Kier molecular flexibility index (Phi) is 9.12. The number of amides is 2. The predicted molar refractivity (Wildman–Crippen MR) is 172 cm³/mol. The summed E-state index contributed by atoms with van der Waals surface area (Å²) in [6.07, 6.45) is 1.46. The van der Waals surface area contributed by atoms with E-state index in [0.29, 0.717) is 18.5 Å². The van der Waals surface area contributed by atoms with Crippen molar-refractivity contribution in [3.63, 3.8) is 0 Å². The molecule has 2 unspecified atom stereocenters. The molecule has 3 aromatic carbocycles. The van der Waals surface area contributed by atoms with Crippen LogP contribution in [0.25, 0.3) is 22.2 Å². The first-order valence-corrected chi connectivity index (χ1v) is 15.4. The van der Waals surface area contributed by atoms with E-state index in [9.17, 15) is 9.59 Å². The molecule has 2 amide bonds. The largest absolute Gasteiger partial charge is 0.354 e. The van der Waals surface area contributed by atoms with Gasteiger partial charge in [-0.1, -0.05) is 93.9 Å². The summed E-state index contributed by atoms with van der Waals surface area (Å²) >= 11 is 0. The van der Waals surface area contributed by atoms with E-state index in [1.807, 2.05) is 41.3 Å². The molecule has 220 valence electrons. The Morgan fingerprint density at radius 2 is 1.67 bits per heavy atom. The third-order valence-electron chi connectivity index (χ3n) is 8.54. The Morgan fingerprint density at radius 3 is 2.38 bits per heavy atom. The quantitative estimate of drug-likeness (QED) is 0.183. The zero-order chi connectivity index (χ0) is 29.8. The lowest BCUT2D eigenvalue weighted by Crippen LogP contribution is -2.49. The summed E-state index contributed by atoms with van der Waals surface area (Å²) < 4.78 is 0. The van der Waals surface area contributed by atoms with E-state index in [0.717, 1.165) is 59.3 Å². The molecule has 0 bridgehead atoms. The van der Waals surface area contributed by atoms with Gasteiger partial charge in [0.15, 0.2) is 0 Å². The maximum atomic E-state index is 14.3. The molecule has 2 atom stereocenters. The topological polar surface area (TPSA) is 68.4 Å². The van der Waals surface area contributed by atoms with E-state index in [4.69, 9.17) is 0 Å². The summed E-state index contributed by atoms with van der Waals surface area (Å²) in [5, 5.41) is 4.27. The molecule has 0 spiro atoms. The monoisotopic (exact) mass is 564 g/mol. The molecule has 1 aromatic heterocycles. The molecule has 5 rings (SSSR count). The Balaban J connectivity index is 1.60. The van der Waals surface area contributed by atoms with Gasteiger partial charge in [-0.15, -0.1) is 0 Å². The van der Waals surface area contributed by atoms with Crippen LogP contribution < -0.4 is 5.32 Å². The summed E-state index contributed by atoms with van der Waals surface area (Å²) in [4.78, 5) is 36.2. The number of H-pyrrole nitrogens is 1. The average Bonchev–Trinajstić information content (AvgIpc) is 3.51. The first kappa shape index (κ1) is 29.6. The zero-order valence-corrected chi connectivity index (χ0v) is 25.6. The molecule has 2 N–H and O–H groups in total. The summed E-state index contributed by atoms with van der Waals surface area (Å²) in [6.45, 7) is 14.2. The molecular weight excluding hydrogens is 520 g/mol. The van der Waals surface area contributed by atoms with Crippen molar-refractivity contribution in [2.24, 2.45) is 5.92 Å². The van der Waals surface area contributed by atoms with Gasteiger partial charge in [0.2, 0.25) is 5.91 Å². The number of hydrogen-bond donors (Lipinski definition) is 2. The van der Waals surface area contributed by atoms with E-state index < -0.39 is 12.1 Å². The molecule has 1 aliphatic heterocycles. The van der Waals surface area contributed by atoms with Crippen LogP contribution in [0.2, 0.25) is 0 Å². The number of benzene rings is 3. The van der Waals surface area contributed by atoms with Crippen molar-refractivity contribution >= 4 is 22.7 Å². The number of para-hydroxylation sites is 1. The molecular formula is C36H44N4O2. The lowest BCUT2D eigenvalue weighted by atomic mass is 9.91. The standard InChI is InChI=1S/C36H44N4O2/c1-6-39(7-2)22-12-21-37-35(41)31(23-24(3)4)40-34(27-13-8-9-14-28(27)36(40)42)32-29-15-10-11-16-30(29)38-33(32)26-19-17-25(5)18-20-26/h8-11,13-20,24,31,34,38H,6-7,12,21-23H2,1-5H3,(H,37,41). The number of hydrogen-bond acceptors (Lipinski definition) is 3. The lowest BCUT2D eigenvalue weighted by molar-refractivity contribution is -0.126. The molecule has 0 fully saturated rings. The number of rotatable bonds is 12. The van der Waals surface area contributed by atoms with Crippen molar-refractivity contribution in [2.45, 2.75) is 59.5 Å². The van der Waals surface area contributed by atoms with Crippen LogP contribution in [0.4, 0.5) is 0 Å². The zero-order valence-electron chi connectivity index (χ0n) is 25.6. The number of aryl methyl sites for hydroxylation is 1. The maximum absolute atomic E-state index is 14.3. The summed E-state index contributed by atoms with van der Waals surface area (Å²) in [6, 6.07) is 23.6. The number of carbonyl (C=O) groups excluding carboxylic acids is 2. The van der Waals surface area contributed by atoms with Crippen molar-refractivity contribution in [2.75, 3.05) is 26.2 Å². The molecule has 6 heteroatoms. The second-order valence-corrected chi connectivity index (χ2v) is 11.8. The molecule has 6 nitrogen and oxygen atoms in total. The fourth-order valence-electron chi connectivity index (χ4n) is 6.31. The third-order valence-corrected chi connectivity index (χ3v) is 8.54. The highest BCUT2D eigenvalue weighted by Gasteiger charge is 2.45. The number of aromatic amines is 1. The minimum absolute atomic E-state index is 0.0777. The number of fused-ring (bicyclic) bond motifs is 2. The Hall–Kier alpha value is -3.90. The number of aromatic nitrogens is 1. The molecule has 0 saturated carbocycles. The van der Waals surface area contributed by atoms with Crippen LogP contribution in [0.1, 0.15) is 73.6 Å². The molecule has 1 aliphatic rings. The Morgan fingerprint density at radius 1 is 0.976 bits per heavy atom. The fourth-order valence-corrected chi connectivity index (χ4v) is 6.31. The second-order valence-electron chi connectivity index (χ2n) is 11.8. The van der Waals surface area contributed by atoms with Gasteiger partial charge in [0.05, 0.1) is 11.7 Å². The van der Waals surface area contributed by atoms with Gasteiger partial charge in [-0.25, -0.2) is 0 Å². The number of nitrogens with one attached hydrogen (secondary N) is 2.